The highest BCUT2D eigenvalue weighted by Crippen LogP contribution is 2.44. The molecular weight excluding hydrogens is 384 g/mol. The Kier molecular flexibility index (Phi) is 5.52. The smallest absolute Gasteiger partial charge is 0.303 e. The maximum Gasteiger partial charge on any atom is 0.303 e. The topological polar surface area (TPSA) is 90.9 Å². The van der Waals surface area contributed by atoms with Gasteiger partial charge in [0.25, 0.3) is 0 Å². The molecule has 0 amide bonds. The van der Waals surface area contributed by atoms with Crippen LogP contribution in [0, 0.1) is 0 Å². The molecule has 0 bridgehead atoms. The van der Waals surface area contributed by atoms with Crippen molar-refractivity contribution in [3.05, 3.63) is 12.2 Å². The first-order valence-corrected chi connectivity index (χ1v) is 10.0. The molecular formula is C20H30O9. The van der Waals surface area contributed by atoms with Crippen molar-refractivity contribution < 1.29 is 42.7 Å². The van der Waals surface area contributed by atoms with Crippen molar-refractivity contribution in [2.24, 2.45) is 0 Å². The Morgan fingerprint density at radius 2 is 1.59 bits per heavy atom. The van der Waals surface area contributed by atoms with Crippen LogP contribution in [0.25, 0.3) is 0 Å². The Morgan fingerprint density at radius 3 is 2.28 bits per heavy atom. The molecule has 0 radical (unpaired) electrons. The van der Waals surface area contributed by atoms with Crippen LogP contribution in [0.5, 0.6) is 0 Å². The molecule has 164 valence electrons. The minimum absolute atomic E-state index is 0.216. The van der Waals surface area contributed by atoms with Crippen LogP contribution in [0.3, 0.4) is 0 Å². The summed E-state index contributed by atoms with van der Waals surface area (Å²) in [7, 11) is 0. The average molecular weight is 414 g/mol. The van der Waals surface area contributed by atoms with Gasteiger partial charge in [-0.1, -0.05) is 0 Å². The van der Waals surface area contributed by atoms with E-state index in [9.17, 15) is 4.79 Å². The third-order valence-electron chi connectivity index (χ3n) is 5.25. The molecule has 4 heterocycles. The predicted octanol–water partition coefficient (Wildman–Crippen LogP) is 1.63. The molecule has 8 atom stereocenters. The largest absolute Gasteiger partial charge is 0.456 e. The predicted molar refractivity (Wildman–Crippen MR) is 97.5 cm³/mol. The van der Waals surface area contributed by atoms with E-state index < -0.39 is 36.4 Å². The second kappa shape index (κ2) is 7.56. The summed E-state index contributed by atoms with van der Waals surface area (Å²) >= 11 is 0. The van der Waals surface area contributed by atoms with Gasteiger partial charge in [0.15, 0.2) is 24.2 Å². The summed E-state index contributed by atoms with van der Waals surface area (Å²) in [5.41, 5.74) is 0. The monoisotopic (exact) mass is 414 g/mol. The van der Waals surface area contributed by atoms with E-state index in [1.807, 2.05) is 34.6 Å². The van der Waals surface area contributed by atoms with E-state index in [0.717, 1.165) is 0 Å². The van der Waals surface area contributed by atoms with Crippen LogP contribution in [0.2, 0.25) is 0 Å². The van der Waals surface area contributed by atoms with Crippen LogP contribution in [0.4, 0.5) is 0 Å². The molecule has 0 aromatic heterocycles. The highest BCUT2D eigenvalue weighted by Gasteiger charge is 2.60. The number of esters is 1. The fourth-order valence-electron chi connectivity index (χ4n) is 4.13. The van der Waals surface area contributed by atoms with Gasteiger partial charge in [0.2, 0.25) is 0 Å². The van der Waals surface area contributed by atoms with Crippen LogP contribution in [-0.2, 0) is 42.7 Å². The minimum Gasteiger partial charge on any atom is -0.456 e. The van der Waals surface area contributed by atoms with Gasteiger partial charge in [-0.25, -0.2) is 0 Å². The summed E-state index contributed by atoms with van der Waals surface area (Å²) in [5.74, 6) is -1.87. The first-order valence-electron chi connectivity index (χ1n) is 10.0. The zero-order chi connectivity index (χ0) is 21.0. The summed E-state index contributed by atoms with van der Waals surface area (Å²) in [6.07, 6.45) is 0.133. The Morgan fingerprint density at radius 1 is 0.931 bits per heavy atom. The maximum absolute atomic E-state index is 11.2. The molecule has 0 aromatic rings. The highest BCUT2D eigenvalue weighted by atomic mass is 16.9. The van der Waals surface area contributed by atoms with E-state index in [4.69, 9.17) is 37.9 Å². The van der Waals surface area contributed by atoms with Crippen LogP contribution in [-0.4, -0.2) is 73.4 Å². The Hall–Kier alpha value is -1.07. The summed E-state index contributed by atoms with van der Waals surface area (Å²) < 4.78 is 47.1. The molecule has 0 aromatic carbocycles. The van der Waals surface area contributed by atoms with Gasteiger partial charge < -0.3 is 37.9 Å². The molecule has 4 rings (SSSR count). The number of hydrogen-bond acceptors (Lipinski definition) is 9. The van der Waals surface area contributed by atoms with Gasteiger partial charge in [-0.05, 0) is 46.8 Å². The summed E-state index contributed by atoms with van der Waals surface area (Å²) in [5, 5.41) is 0. The van der Waals surface area contributed by atoms with Crippen molar-refractivity contribution in [3.8, 4) is 0 Å². The molecule has 0 unspecified atom stereocenters. The molecule has 0 aliphatic carbocycles. The van der Waals surface area contributed by atoms with Gasteiger partial charge in [-0.15, -0.1) is 0 Å². The van der Waals surface area contributed by atoms with Crippen molar-refractivity contribution >= 4 is 5.97 Å². The van der Waals surface area contributed by atoms with Crippen molar-refractivity contribution in [1.29, 1.82) is 0 Å². The molecule has 9 nitrogen and oxygen atoms in total. The molecule has 0 N–H and O–H groups in total. The Bertz CT molecular complexity index is 660. The molecule has 0 spiro atoms. The average Bonchev–Trinajstić information content (AvgIpc) is 3.08. The van der Waals surface area contributed by atoms with Crippen molar-refractivity contribution in [3.63, 3.8) is 0 Å². The molecule has 9 heteroatoms. The van der Waals surface area contributed by atoms with E-state index in [2.05, 4.69) is 0 Å². The maximum atomic E-state index is 11.2. The van der Waals surface area contributed by atoms with Crippen LogP contribution in [0.1, 0.15) is 41.5 Å². The molecule has 4 aliphatic heterocycles. The van der Waals surface area contributed by atoms with Gasteiger partial charge in [-0.3, -0.25) is 4.79 Å². The van der Waals surface area contributed by atoms with E-state index >= 15 is 0 Å². The molecule has 4 aliphatic rings. The van der Waals surface area contributed by atoms with Crippen LogP contribution >= 0.6 is 0 Å². The SMILES string of the molecule is CC(=O)O[C@@H]1C=C[C@@H](OC[C@H]2O[C@@H]3OC(C)(C)O[C@@H]3[C@H]3OC(C)(C)O[C@H]32)O[C@H]1C. The summed E-state index contributed by atoms with van der Waals surface area (Å²) in [6.45, 7) is 10.8. The fraction of sp³-hybridized carbons (Fsp3) is 0.850. The van der Waals surface area contributed by atoms with Gasteiger partial charge >= 0.3 is 5.97 Å². The zero-order valence-electron chi connectivity index (χ0n) is 17.7. The quantitative estimate of drug-likeness (QED) is 0.503. The number of hydrogen-bond donors (Lipinski definition) is 0. The first-order chi connectivity index (χ1) is 13.5. The zero-order valence-corrected chi connectivity index (χ0v) is 17.7. The lowest BCUT2D eigenvalue weighted by molar-refractivity contribution is -0.257. The summed E-state index contributed by atoms with van der Waals surface area (Å²) in [6, 6.07) is 0. The van der Waals surface area contributed by atoms with E-state index in [1.54, 1.807) is 12.2 Å². The third kappa shape index (κ3) is 4.51. The van der Waals surface area contributed by atoms with Crippen LogP contribution < -0.4 is 0 Å². The number of carbonyl (C=O) groups excluding carboxylic acids is 1. The molecule has 0 saturated carbocycles. The molecule has 3 saturated heterocycles. The fourth-order valence-corrected chi connectivity index (χ4v) is 4.13. The minimum atomic E-state index is -0.762. The van der Waals surface area contributed by atoms with Gasteiger partial charge in [-0.2, -0.15) is 0 Å². The summed E-state index contributed by atoms with van der Waals surface area (Å²) in [4.78, 5) is 11.2. The van der Waals surface area contributed by atoms with E-state index in [-0.39, 0.29) is 37.0 Å². The second-order valence-electron chi connectivity index (χ2n) is 8.71. The van der Waals surface area contributed by atoms with Gasteiger partial charge in [0.1, 0.15) is 30.5 Å². The van der Waals surface area contributed by atoms with Crippen molar-refractivity contribution in [2.45, 2.75) is 102 Å². The molecule has 3 fully saturated rings. The Labute approximate surface area is 170 Å². The third-order valence-corrected chi connectivity index (χ3v) is 5.25. The molecule has 29 heavy (non-hydrogen) atoms. The van der Waals surface area contributed by atoms with E-state index in [0.29, 0.717) is 0 Å². The van der Waals surface area contributed by atoms with Crippen molar-refractivity contribution in [2.75, 3.05) is 6.61 Å². The van der Waals surface area contributed by atoms with Gasteiger partial charge in [0, 0.05) is 6.92 Å². The lowest BCUT2D eigenvalue weighted by Crippen LogP contribution is -2.56. The van der Waals surface area contributed by atoms with Crippen molar-refractivity contribution in [1.82, 2.24) is 0 Å². The van der Waals surface area contributed by atoms with Crippen LogP contribution in [0.15, 0.2) is 12.2 Å². The number of fused-ring (bicyclic) bond motifs is 3. The number of rotatable bonds is 4. The highest BCUT2D eigenvalue weighted by molar-refractivity contribution is 5.66. The lowest BCUT2D eigenvalue weighted by Gasteiger charge is -2.38. The number of carbonyl (C=O) groups is 1. The lowest BCUT2D eigenvalue weighted by atomic mass is 9.99. The van der Waals surface area contributed by atoms with Gasteiger partial charge in [0.05, 0.1) is 12.7 Å². The standard InChI is InChI=1S/C20H30O9/c1-10-12(24-11(2)21)7-8-14(23-10)22-9-13-15-16(27-19(3,4)26-15)17-18(25-13)29-20(5,6)28-17/h7-8,10,12-18H,9H2,1-6H3/t10-,12+,13+,14-,15-,16-,17+,18+/m0/s1. The Balaban J connectivity index is 1.40. The first kappa shape index (κ1) is 21.2. The normalized spacial score (nSPS) is 44.9. The second-order valence-corrected chi connectivity index (χ2v) is 8.71. The van der Waals surface area contributed by atoms with E-state index in [1.165, 1.54) is 6.92 Å². The number of ether oxygens (including phenoxy) is 8.